The van der Waals surface area contributed by atoms with Crippen LogP contribution in [0.25, 0.3) is 0 Å². The molecule has 0 amide bonds. The van der Waals surface area contributed by atoms with E-state index in [-0.39, 0.29) is 5.82 Å². The standard InChI is InChI=1S/C17H25FN2/c1-2-19-16(13-5-3-4-6-13)12-20-10-9-14-7-8-15(18)11-17(14)20/h7-8,11,13,16,19H,2-6,9-10,12H2,1H3. The maximum Gasteiger partial charge on any atom is 0.125 e. The molecule has 1 unspecified atom stereocenters. The average Bonchev–Trinajstić information content (AvgIpc) is 3.08. The fourth-order valence-electron chi connectivity index (χ4n) is 3.85. The first kappa shape index (κ1) is 13.9. The van der Waals surface area contributed by atoms with E-state index < -0.39 is 0 Å². The van der Waals surface area contributed by atoms with Crippen molar-refractivity contribution in [2.24, 2.45) is 5.92 Å². The summed E-state index contributed by atoms with van der Waals surface area (Å²) in [5, 5.41) is 3.66. The normalized spacial score (nSPS) is 20.4. The van der Waals surface area contributed by atoms with Gasteiger partial charge in [-0.1, -0.05) is 25.8 Å². The SMILES string of the molecule is CCNC(CN1CCc2ccc(F)cc21)C1CCCC1. The van der Waals surface area contributed by atoms with Crippen LogP contribution in [0.5, 0.6) is 0 Å². The predicted molar refractivity (Wildman–Crippen MR) is 81.7 cm³/mol. The molecule has 0 saturated heterocycles. The number of fused-ring (bicyclic) bond motifs is 1. The summed E-state index contributed by atoms with van der Waals surface area (Å²) in [4.78, 5) is 2.38. The van der Waals surface area contributed by atoms with Gasteiger partial charge in [0.1, 0.15) is 5.82 Å². The highest BCUT2D eigenvalue weighted by Gasteiger charge is 2.28. The summed E-state index contributed by atoms with van der Waals surface area (Å²) in [5.41, 5.74) is 2.42. The van der Waals surface area contributed by atoms with Gasteiger partial charge < -0.3 is 10.2 Å². The predicted octanol–water partition coefficient (Wildman–Crippen LogP) is 3.36. The van der Waals surface area contributed by atoms with Crippen LogP contribution in [0.2, 0.25) is 0 Å². The minimum Gasteiger partial charge on any atom is -0.369 e. The first-order valence-electron chi connectivity index (χ1n) is 8.04. The summed E-state index contributed by atoms with van der Waals surface area (Å²) in [5.74, 6) is 0.684. The van der Waals surface area contributed by atoms with E-state index >= 15 is 0 Å². The van der Waals surface area contributed by atoms with Crippen molar-refractivity contribution in [1.29, 1.82) is 0 Å². The fraction of sp³-hybridized carbons (Fsp3) is 0.647. The maximum absolute atomic E-state index is 13.5. The number of benzene rings is 1. The van der Waals surface area contributed by atoms with Crippen LogP contribution >= 0.6 is 0 Å². The molecule has 1 aliphatic heterocycles. The number of hydrogen-bond donors (Lipinski definition) is 1. The topological polar surface area (TPSA) is 15.3 Å². The van der Waals surface area contributed by atoms with Crippen molar-refractivity contribution >= 4 is 5.69 Å². The van der Waals surface area contributed by atoms with E-state index in [9.17, 15) is 4.39 Å². The van der Waals surface area contributed by atoms with Gasteiger partial charge in [-0.3, -0.25) is 0 Å². The Labute approximate surface area is 121 Å². The third-order valence-electron chi connectivity index (χ3n) is 4.89. The van der Waals surface area contributed by atoms with Crippen LogP contribution in [0.1, 0.15) is 38.2 Å². The van der Waals surface area contributed by atoms with Gasteiger partial charge in [0.2, 0.25) is 0 Å². The highest BCUT2D eigenvalue weighted by molar-refractivity contribution is 5.58. The van der Waals surface area contributed by atoms with Crippen LogP contribution < -0.4 is 10.2 Å². The van der Waals surface area contributed by atoms with Gasteiger partial charge >= 0.3 is 0 Å². The Morgan fingerprint density at radius 2 is 2.15 bits per heavy atom. The molecule has 3 heteroatoms. The quantitative estimate of drug-likeness (QED) is 0.887. The number of hydrogen-bond acceptors (Lipinski definition) is 2. The molecule has 20 heavy (non-hydrogen) atoms. The highest BCUT2D eigenvalue weighted by atomic mass is 19.1. The summed E-state index contributed by atoms with van der Waals surface area (Å²) in [6, 6.07) is 5.79. The molecule has 0 aromatic heterocycles. The van der Waals surface area contributed by atoms with Crippen molar-refractivity contribution in [3.8, 4) is 0 Å². The van der Waals surface area contributed by atoms with E-state index in [4.69, 9.17) is 0 Å². The Balaban J connectivity index is 1.72. The first-order valence-corrected chi connectivity index (χ1v) is 8.04. The van der Waals surface area contributed by atoms with Crippen molar-refractivity contribution in [1.82, 2.24) is 5.32 Å². The largest absolute Gasteiger partial charge is 0.369 e. The molecule has 1 N–H and O–H groups in total. The van der Waals surface area contributed by atoms with Gasteiger partial charge in [0, 0.05) is 24.8 Å². The minimum absolute atomic E-state index is 0.114. The zero-order chi connectivity index (χ0) is 13.9. The zero-order valence-electron chi connectivity index (χ0n) is 12.4. The number of anilines is 1. The number of nitrogens with one attached hydrogen (secondary N) is 1. The van der Waals surface area contributed by atoms with Crippen LogP contribution in [0.15, 0.2) is 18.2 Å². The van der Waals surface area contributed by atoms with Gasteiger partial charge in [-0.2, -0.15) is 0 Å². The molecule has 1 aliphatic carbocycles. The average molecular weight is 276 g/mol. The third kappa shape index (κ3) is 2.83. The fourth-order valence-corrected chi connectivity index (χ4v) is 3.85. The van der Waals surface area contributed by atoms with E-state index in [2.05, 4.69) is 17.1 Å². The van der Waals surface area contributed by atoms with Crippen molar-refractivity contribution < 1.29 is 4.39 Å². The van der Waals surface area contributed by atoms with Crippen LogP contribution in [0.4, 0.5) is 10.1 Å². The monoisotopic (exact) mass is 276 g/mol. The number of nitrogens with zero attached hydrogens (tertiary/aromatic N) is 1. The lowest BCUT2D eigenvalue weighted by Crippen LogP contribution is -2.44. The van der Waals surface area contributed by atoms with Crippen molar-refractivity contribution in [2.45, 2.75) is 45.1 Å². The van der Waals surface area contributed by atoms with E-state index in [1.165, 1.54) is 31.2 Å². The van der Waals surface area contributed by atoms with Crippen LogP contribution in [-0.4, -0.2) is 25.7 Å². The molecular formula is C17H25FN2. The summed E-state index contributed by atoms with van der Waals surface area (Å²) in [7, 11) is 0. The lowest BCUT2D eigenvalue weighted by atomic mass is 9.97. The van der Waals surface area contributed by atoms with Crippen LogP contribution in [0.3, 0.4) is 0 Å². The first-order chi connectivity index (χ1) is 9.78. The second kappa shape index (κ2) is 6.13. The van der Waals surface area contributed by atoms with Gasteiger partial charge in [0.05, 0.1) is 0 Å². The third-order valence-corrected chi connectivity index (χ3v) is 4.89. The molecule has 1 saturated carbocycles. The Bertz CT molecular complexity index is 454. The molecule has 0 spiro atoms. The van der Waals surface area contributed by atoms with E-state index in [1.807, 2.05) is 6.07 Å². The molecule has 110 valence electrons. The van der Waals surface area contributed by atoms with Gasteiger partial charge in [-0.25, -0.2) is 4.39 Å². The van der Waals surface area contributed by atoms with Crippen molar-refractivity contribution in [2.75, 3.05) is 24.5 Å². The smallest absolute Gasteiger partial charge is 0.125 e. The van der Waals surface area contributed by atoms with E-state index in [1.54, 1.807) is 12.1 Å². The molecule has 1 aromatic rings. The van der Waals surface area contributed by atoms with E-state index in [0.29, 0.717) is 6.04 Å². The highest BCUT2D eigenvalue weighted by Crippen LogP contribution is 2.32. The molecule has 0 radical (unpaired) electrons. The lowest BCUT2D eigenvalue weighted by molar-refractivity contribution is 0.365. The Morgan fingerprint density at radius 3 is 2.90 bits per heavy atom. The van der Waals surface area contributed by atoms with Gasteiger partial charge in [0.15, 0.2) is 0 Å². The summed E-state index contributed by atoms with van der Waals surface area (Å²) in [6.07, 6.45) is 6.50. The minimum atomic E-state index is -0.114. The molecule has 1 fully saturated rings. The van der Waals surface area contributed by atoms with E-state index in [0.717, 1.165) is 37.7 Å². The molecular weight excluding hydrogens is 251 g/mol. The van der Waals surface area contributed by atoms with Gasteiger partial charge in [-0.15, -0.1) is 0 Å². The Morgan fingerprint density at radius 1 is 1.35 bits per heavy atom. The van der Waals surface area contributed by atoms with Gasteiger partial charge in [0.25, 0.3) is 0 Å². The summed E-state index contributed by atoms with van der Waals surface area (Å²) < 4.78 is 13.5. The molecule has 2 aliphatic rings. The molecule has 3 rings (SSSR count). The summed E-state index contributed by atoms with van der Waals surface area (Å²) >= 11 is 0. The molecule has 1 heterocycles. The second-order valence-electron chi connectivity index (χ2n) is 6.18. The van der Waals surface area contributed by atoms with Crippen molar-refractivity contribution in [3.63, 3.8) is 0 Å². The number of halogens is 1. The van der Waals surface area contributed by atoms with Crippen molar-refractivity contribution in [3.05, 3.63) is 29.6 Å². The maximum atomic E-state index is 13.5. The molecule has 1 aromatic carbocycles. The second-order valence-corrected chi connectivity index (χ2v) is 6.18. The lowest BCUT2D eigenvalue weighted by Gasteiger charge is -2.30. The number of rotatable bonds is 5. The molecule has 2 nitrogen and oxygen atoms in total. The Hall–Kier alpha value is -1.09. The summed E-state index contributed by atoms with van der Waals surface area (Å²) in [6.45, 7) is 5.26. The van der Waals surface area contributed by atoms with Crippen LogP contribution in [0, 0.1) is 11.7 Å². The number of likely N-dealkylation sites (N-methyl/N-ethyl adjacent to an activating group) is 1. The molecule has 1 atom stereocenters. The Kier molecular flexibility index (Phi) is 4.25. The zero-order valence-corrected chi connectivity index (χ0v) is 12.4. The van der Waals surface area contributed by atoms with Crippen LogP contribution in [-0.2, 0) is 6.42 Å². The molecule has 0 bridgehead atoms. The van der Waals surface area contributed by atoms with Gasteiger partial charge in [-0.05, 0) is 49.4 Å².